The van der Waals surface area contributed by atoms with Gasteiger partial charge in [0.15, 0.2) is 0 Å². The molecular formula is C23H25N5O. The molecule has 1 aromatic heterocycles. The standard InChI is InChI=1S/C23H25N5O/c1-27(19-8-4-2-5-9-19)23-24-15-14-21(26-23)22(29)25-18-10-12-20(13-11-18)28-16-6-3-7-17-28/h2,4-5,8-15H,3,6-7,16-17H2,1H3,(H,25,29). The zero-order valence-electron chi connectivity index (χ0n) is 16.6. The molecule has 0 atom stereocenters. The molecule has 6 heteroatoms. The molecule has 148 valence electrons. The van der Waals surface area contributed by atoms with Gasteiger partial charge in [0.1, 0.15) is 5.69 Å². The number of hydrogen-bond acceptors (Lipinski definition) is 5. The van der Waals surface area contributed by atoms with E-state index in [-0.39, 0.29) is 5.91 Å². The van der Waals surface area contributed by atoms with Gasteiger partial charge in [-0.05, 0) is 61.7 Å². The number of nitrogens with zero attached hydrogens (tertiary/aromatic N) is 4. The van der Waals surface area contributed by atoms with Crippen molar-refractivity contribution in [1.82, 2.24) is 9.97 Å². The Hall–Kier alpha value is -3.41. The molecular weight excluding hydrogens is 362 g/mol. The minimum Gasteiger partial charge on any atom is -0.372 e. The molecule has 1 saturated heterocycles. The fourth-order valence-corrected chi connectivity index (χ4v) is 3.51. The summed E-state index contributed by atoms with van der Waals surface area (Å²) in [6, 6.07) is 19.5. The first kappa shape index (κ1) is 18.9. The third-order valence-corrected chi connectivity index (χ3v) is 5.17. The Kier molecular flexibility index (Phi) is 5.70. The number of benzene rings is 2. The lowest BCUT2D eigenvalue weighted by atomic mass is 10.1. The Balaban J connectivity index is 1.44. The Morgan fingerprint density at radius 3 is 2.41 bits per heavy atom. The van der Waals surface area contributed by atoms with Crippen LogP contribution in [-0.2, 0) is 0 Å². The highest BCUT2D eigenvalue weighted by Crippen LogP contribution is 2.23. The summed E-state index contributed by atoms with van der Waals surface area (Å²) in [5.41, 5.74) is 3.25. The van der Waals surface area contributed by atoms with E-state index < -0.39 is 0 Å². The second kappa shape index (κ2) is 8.73. The molecule has 0 radical (unpaired) electrons. The van der Waals surface area contributed by atoms with Gasteiger partial charge in [-0.2, -0.15) is 0 Å². The molecule has 1 amide bonds. The van der Waals surface area contributed by atoms with E-state index >= 15 is 0 Å². The van der Waals surface area contributed by atoms with Crippen molar-refractivity contribution in [3.05, 3.63) is 72.6 Å². The van der Waals surface area contributed by atoms with Crippen LogP contribution in [0.4, 0.5) is 23.0 Å². The number of piperidine rings is 1. The normalized spacial score (nSPS) is 13.8. The molecule has 0 bridgehead atoms. The van der Waals surface area contributed by atoms with E-state index in [2.05, 4.69) is 32.3 Å². The quantitative estimate of drug-likeness (QED) is 0.699. The van der Waals surface area contributed by atoms with Crippen molar-refractivity contribution in [2.45, 2.75) is 19.3 Å². The first-order valence-corrected chi connectivity index (χ1v) is 9.99. The summed E-state index contributed by atoms with van der Waals surface area (Å²) in [5.74, 6) is 0.227. The summed E-state index contributed by atoms with van der Waals surface area (Å²) < 4.78 is 0. The number of para-hydroxylation sites is 1. The molecule has 4 rings (SSSR count). The van der Waals surface area contributed by atoms with Crippen LogP contribution < -0.4 is 15.1 Å². The van der Waals surface area contributed by atoms with Crippen molar-refractivity contribution in [1.29, 1.82) is 0 Å². The number of aromatic nitrogens is 2. The van der Waals surface area contributed by atoms with Crippen LogP contribution in [-0.4, -0.2) is 36.0 Å². The number of carbonyl (C=O) groups is 1. The van der Waals surface area contributed by atoms with E-state index in [1.807, 2.05) is 54.4 Å². The van der Waals surface area contributed by atoms with Gasteiger partial charge in [-0.1, -0.05) is 18.2 Å². The first-order valence-electron chi connectivity index (χ1n) is 9.99. The van der Waals surface area contributed by atoms with Gasteiger partial charge in [-0.15, -0.1) is 0 Å². The average molecular weight is 387 g/mol. The van der Waals surface area contributed by atoms with Crippen molar-refractivity contribution in [3.63, 3.8) is 0 Å². The lowest BCUT2D eigenvalue weighted by Gasteiger charge is -2.28. The smallest absolute Gasteiger partial charge is 0.274 e. The number of nitrogens with one attached hydrogen (secondary N) is 1. The van der Waals surface area contributed by atoms with Gasteiger partial charge < -0.3 is 15.1 Å². The Bertz CT molecular complexity index is 953. The van der Waals surface area contributed by atoms with Gasteiger partial charge in [-0.25, -0.2) is 9.97 Å². The predicted molar refractivity (Wildman–Crippen MR) is 117 cm³/mol. The summed E-state index contributed by atoms with van der Waals surface area (Å²) in [6.45, 7) is 2.20. The summed E-state index contributed by atoms with van der Waals surface area (Å²) >= 11 is 0. The second-order valence-corrected chi connectivity index (χ2v) is 7.19. The van der Waals surface area contributed by atoms with E-state index in [1.54, 1.807) is 12.3 Å². The molecule has 3 aromatic rings. The largest absolute Gasteiger partial charge is 0.372 e. The van der Waals surface area contributed by atoms with Gasteiger partial charge in [0.05, 0.1) is 0 Å². The van der Waals surface area contributed by atoms with E-state index in [4.69, 9.17) is 0 Å². The molecule has 1 aliphatic heterocycles. The number of rotatable bonds is 5. The fraction of sp³-hybridized carbons (Fsp3) is 0.261. The van der Waals surface area contributed by atoms with Gasteiger partial charge in [0, 0.05) is 43.4 Å². The summed E-state index contributed by atoms with van der Waals surface area (Å²) in [7, 11) is 1.88. The maximum Gasteiger partial charge on any atom is 0.274 e. The predicted octanol–water partition coefficient (Wildman–Crippen LogP) is 4.49. The molecule has 29 heavy (non-hydrogen) atoms. The molecule has 2 aromatic carbocycles. The van der Waals surface area contributed by atoms with Crippen LogP contribution >= 0.6 is 0 Å². The molecule has 1 aliphatic rings. The number of amides is 1. The van der Waals surface area contributed by atoms with Gasteiger partial charge >= 0.3 is 0 Å². The van der Waals surface area contributed by atoms with Crippen molar-refractivity contribution in [2.75, 3.05) is 35.3 Å². The molecule has 1 N–H and O–H groups in total. The van der Waals surface area contributed by atoms with E-state index in [1.165, 1.54) is 24.9 Å². The SMILES string of the molecule is CN(c1ccccc1)c1nccc(C(=O)Nc2ccc(N3CCCCC3)cc2)n1. The highest BCUT2D eigenvalue weighted by molar-refractivity contribution is 6.03. The highest BCUT2D eigenvalue weighted by Gasteiger charge is 2.14. The molecule has 6 nitrogen and oxygen atoms in total. The minimum atomic E-state index is -0.249. The van der Waals surface area contributed by atoms with Crippen molar-refractivity contribution < 1.29 is 4.79 Å². The molecule has 0 unspecified atom stereocenters. The molecule has 0 saturated carbocycles. The zero-order chi connectivity index (χ0) is 20.1. The van der Waals surface area contributed by atoms with Crippen LogP contribution in [0.25, 0.3) is 0 Å². The third-order valence-electron chi connectivity index (χ3n) is 5.17. The maximum atomic E-state index is 12.7. The zero-order valence-corrected chi connectivity index (χ0v) is 16.6. The highest BCUT2D eigenvalue weighted by atomic mass is 16.1. The minimum absolute atomic E-state index is 0.249. The topological polar surface area (TPSA) is 61.4 Å². The third kappa shape index (κ3) is 4.54. The van der Waals surface area contributed by atoms with Crippen LogP contribution in [0, 0.1) is 0 Å². The lowest BCUT2D eigenvalue weighted by molar-refractivity contribution is 0.102. The maximum absolute atomic E-state index is 12.7. The van der Waals surface area contributed by atoms with Crippen molar-refractivity contribution >= 4 is 28.9 Å². The van der Waals surface area contributed by atoms with Crippen LogP contribution in [0.1, 0.15) is 29.8 Å². The monoisotopic (exact) mass is 387 g/mol. The fourth-order valence-electron chi connectivity index (χ4n) is 3.51. The number of carbonyl (C=O) groups excluding carboxylic acids is 1. The Labute approximate surface area is 171 Å². The van der Waals surface area contributed by atoms with Crippen molar-refractivity contribution in [2.24, 2.45) is 0 Å². The Morgan fingerprint density at radius 2 is 1.69 bits per heavy atom. The molecule has 0 aliphatic carbocycles. The summed E-state index contributed by atoms with van der Waals surface area (Å²) in [5, 5.41) is 2.93. The van der Waals surface area contributed by atoms with Crippen molar-refractivity contribution in [3.8, 4) is 0 Å². The first-order chi connectivity index (χ1) is 14.2. The second-order valence-electron chi connectivity index (χ2n) is 7.19. The number of hydrogen-bond donors (Lipinski definition) is 1. The van der Waals surface area contributed by atoms with Crippen LogP contribution in [0.15, 0.2) is 66.9 Å². The van der Waals surface area contributed by atoms with E-state index in [0.717, 1.165) is 24.5 Å². The average Bonchev–Trinajstić information content (AvgIpc) is 2.80. The van der Waals surface area contributed by atoms with E-state index in [0.29, 0.717) is 11.6 Å². The number of anilines is 4. The van der Waals surface area contributed by atoms with Crippen LogP contribution in [0.5, 0.6) is 0 Å². The lowest BCUT2D eigenvalue weighted by Crippen LogP contribution is -2.29. The van der Waals surface area contributed by atoms with Gasteiger partial charge in [-0.3, -0.25) is 4.79 Å². The van der Waals surface area contributed by atoms with Crippen LogP contribution in [0.2, 0.25) is 0 Å². The van der Waals surface area contributed by atoms with Gasteiger partial charge in [0.2, 0.25) is 5.95 Å². The van der Waals surface area contributed by atoms with Crippen LogP contribution in [0.3, 0.4) is 0 Å². The van der Waals surface area contributed by atoms with Gasteiger partial charge in [0.25, 0.3) is 5.91 Å². The van der Waals surface area contributed by atoms with E-state index in [9.17, 15) is 4.79 Å². The Morgan fingerprint density at radius 1 is 0.966 bits per heavy atom. The molecule has 0 spiro atoms. The molecule has 2 heterocycles. The summed E-state index contributed by atoms with van der Waals surface area (Å²) in [4.78, 5) is 25.7. The summed E-state index contributed by atoms with van der Waals surface area (Å²) in [6.07, 6.45) is 5.40. The molecule has 1 fully saturated rings.